The van der Waals surface area contributed by atoms with Crippen molar-refractivity contribution in [1.82, 2.24) is 10.3 Å². The number of carbonyl (C=O) groups excluding carboxylic acids is 1. The molecule has 1 aromatic carbocycles. The Balaban J connectivity index is 2.25. The number of aromatic amines is 1. The van der Waals surface area contributed by atoms with E-state index < -0.39 is 0 Å². The van der Waals surface area contributed by atoms with Crippen LogP contribution in [0.3, 0.4) is 0 Å². The SMILES string of the molecule is CC(CCO)NC(=O)c1[nH]c2ccccc2c1Br. The number of carbonyl (C=O) groups is 1. The van der Waals surface area contributed by atoms with E-state index in [0.717, 1.165) is 15.4 Å². The summed E-state index contributed by atoms with van der Waals surface area (Å²) < 4.78 is 0.770. The largest absolute Gasteiger partial charge is 0.396 e. The van der Waals surface area contributed by atoms with Crippen LogP contribution in [-0.4, -0.2) is 28.6 Å². The molecule has 0 aliphatic carbocycles. The minimum atomic E-state index is -0.168. The molecule has 0 saturated carbocycles. The minimum absolute atomic E-state index is 0.0548. The molecular formula is C13H15BrN2O2. The Labute approximate surface area is 114 Å². The van der Waals surface area contributed by atoms with E-state index in [0.29, 0.717) is 12.1 Å². The Hall–Kier alpha value is -1.33. The summed E-state index contributed by atoms with van der Waals surface area (Å²) in [6.07, 6.45) is 0.545. The van der Waals surface area contributed by atoms with Crippen molar-refractivity contribution in [2.75, 3.05) is 6.61 Å². The zero-order valence-corrected chi connectivity index (χ0v) is 11.6. The number of aliphatic hydroxyl groups excluding tert-OH is 1. The predicted octanol–water partition coefficient (Wildman–Crippen LogP) is 2.43. The Kier molecular flexibility index (Phi) is 4.04. The number of amides is 1. The molecule has 0 aliphatic rings. The number of nitrogens with one attached hydrogen (secondary N) is 2. The second-order valence-corrected chi connectivity index (χ2v) is 5.04. The van der Waals surface area contributed by atoms with Gasteiger partial charge in [-0.15, -0.1) is 0 Å². The van der Waals surface area contributed by atoms with Crippen molar-refractivity contribution < 1.29 is 9.90 Å². The zero-order valence-electron chi connectivity index (χ0n) is 10.0. The third kappa shape index (κ3) is 2.57. The third-order valence-corrected chi connectivity index (χ3v) is 3.63. The molecule has 1 aromatic heterocycles. The van der Waals surface area contributed by atoms with Crippen LogP contribution in [0.1, 0.15) is 23.8 Å². The fourth-order valence-corrected chi connectivity index (χ4v) is 2.45. The van der Waals surface area contributed by atoms with Gasteiger partial charge in [0.25, 0.3) is 5.91 Å². The van der Waals surface area contributed by atoms with Crippen LogP contribution in [0.2, 0.25) is 0 Å². The van der Waals surface area contributed by atoms with E-state index >= 15 is 0 Å². The first-order chi connectivity index (χ1) is 8.63. The van der Waals surface area contributed by atoms with Gasteiger partial charge < -0.3 is 15.4 Å². The molecule has 2 aromatic rings. The number of hydrogen-bond donors (Lipinski definition) is 3. The smallest absolute Gasteiger partial charge is 0.269 e. The van der Waals surface area contributed by atoms with Crippen LogP contribution in [0, 0.1) is 0 Å². The van der Waals surface area contributed by atoms with E-state index in [1.165, 1.54) is 0 Å². The van der Waals surface area contributed by atoms with Gasteiger partial charge in [-0.1, -0.05) is 18.2 Å². The van der Waals surface area contributed by atoms with Gasteiger partial charge >= 0.3 is 0 Å². The summed E-state index contributed by atoms with van der Waals surface area (Å²) in [5.41, 5.74) is 1.44. The highest BCUT2D eigenvalue weighted by atomic mass is 79.9. The average Bonchev–Trinajstić information content (AvgIpc) is 2.68. The third-order valence-electron chi connectivity index (χ3n) is 2.81. The lowest BCUT2D eigenvalue weighted by Gasteiger charge is -2.11. The molecule has 3 N–H and O–H groups in total. The molecule has 4 nitrogen and oxygen atoms in total. The summed E-state index contributed by atoms with van der Waals surface area (Å²) in [5, 5.41) is 12.6. The second-order valence-electron chi connectivity index (χ2n) is 4.25. The van der Waals surface area contributed by atoms with Crippen LogP contribution in [0.4, 0.5) is 0 Å². The summed E-state index contributed by atoms with van der Waals surface area (Å²) in [4.78, 5) is 15.2. The zero-order chi connectivity index (χ0) is 13.1. The van der Waals surface area contributed by atoms with Gasteiger partial charge in [-0.05, 0) is 35.3 Å². The number of rotatable bonds is 4. The molecule has 96 valence electrons. The van der Waals surface area contributed by atoms with Crippen LogP contribution in [0.25, 0.3) is 10.9 Å². The van der Waals surface area contributed by atoms with Crippen molar-refractivity contribution in [3.8, 4) is 0 Å². The number of fused-ring (bicyclic) bond motifs is 1. The Morgan fingerprint density at radius 2 is 2.22 bits per heavy atom. The molecule has 1 atom stereocenters. The van der Waals surface area contributed by atoms with Crippen LogP contribution >= 0.6 is 15.9 Å². The van der Waals surface area contributed by atoms with E-state index in [1.807, 2.05) is 31.2 Å². The molecule has 0 radical (unpaired) electrons. The molecule has 0 aliphatic heterocycles. The quantitative estimate of drug-likeness (QED) is 0.812. The van der Waals surface area contributed by atoms with Crippen molar-refractivity contribution in [3.63, 3.8) is 0 Å². The Morgan fingerprint density at radius 1 is 1.50 bits per heavy atom. The maximum absolute atomic E-state index is 12.1. The first-order valence-electron chi connectivity index (χ1n) is 5.81. The maximum Gasteiger partial charge on any atom is 0.269 e. The standard InChI is InChI=1S/C13H15BrN2O2/c1-8(6-7-17)15-13(18)12-11(14)9-4-2-3-5-10(9)16-12/h2-5,8,16-17H,6-7H2,1H3,(H,15,18). The highest BCUT2D eigenvalue weighted by Gasteiger charge is 2.16. The normalized spacial score (nSPS) is 12.6. The van der Waals surface area contributed by atoms with Gasteiger partial charge in [0.15, 0.2) is 0 Å². The van der Waals surface area contributed by atoms with E-state index in [9.17, 15) is 4.79 Å². The highest BCUT2D eigenvalue weighted by Crippen LogP contribution is 2.27. The van der Waals surface area contributed by atoms with Crippen LogP contribution in [0.5, 0.6) is 0 Å². The molecule has 5 heteroatoms. The van der Waals surface area contributed by atoms with Gasteiger partial charge in [-0.2, -0.15) is 0 Å². The summed E-state index contributed by atoms with van der Waals surface area (Å²) in [7, 11) is 0. The van der Waals surface area contributed by atoms with Crippen molar-refractivity contribution >= 4 is 32.7 Å². The monoisotopic (exact) mass is 310 g/mol. The second kappa shape index (κ2) is 5.54. The number of hydrogen-bond acceptors (Lipinski definition) is 2. The van der Waals surface area contributed by atoms with Gasteiger partial charge in [0.05, 0.1) is 4.47 Å². The fourth-order valence-electron chi connectivity index (χ4n) is 1.83. The number of para-hydroxylation sites is 1. The lowest BCUT2D eigenvalue weighted by atomic mass is 10.2. The first-order valence-corrected chi connectivity index (χ1v) is 6.60. The van der Waals surface area contributed by atoms with Gasteiger partial charge in [0.2, 0.25) is 0 Å². The number of H-pyrrole nitrogens is 1. The fraction of sp³-hybridized carbons (Fsp3) is 0.308. The van der Waals surface area contributed by atoms with E-state index in [1.54, 1.807) is 0 Å². The lowest BCUT2D eigenvalue weighted by Crippen LogP contribution is -2.33. The Morgan fingerprint density at radius 3 is 2.89 bits per heavy atom. The van der Waals surface area contributed by atoms with Crippen molar-refractivity contribution in [2.24, 2.45) is 0 Å². The number of aromatic nitrogens is 1. The van der Waals surface area contributed by atoms with Crippen LogP contribution in [-0.2, 0) is 0 Å². The molecule has 2 rings (SSSR count). The molecular weight excluding hydrogens is 296 g/mol. The number of aliphatic hydroxyl groups is 1. The van der Waals surface area contributed by atoms with Crippen molar-refractivity contribution in [3.05, 3.63) is 34.4 Å². The molecule has 18 heavy (non-hydrogen) atoms. The topological polar surface area (TPSA) is 65.1 Å². The summed E-state index contributed by atoms with van der Waals surface area (Å²) in [6, 6.07) is 7.66. The number of halogens is 1. The predicted molar refractivity (Wildman–Crippen MR) is 74.6 cm³/mol. The van der Waals surface area contributed by atoms with Gasteiger partial charge in [0, 0.05) is 23.6 Å². The van der Waals surface area contributed by atoms with E-state index in [-0.39, 0.29) is 18.6 Å². The van der Waals surface area contributed by atoms with E-state index in [4.69, 9.17) is 5.11 Å². The molecule has 1 unspecified atom stereocenters. The van der Waals surface area contributed by atoms with Gasteiger partial charge in [0.1, 0.15) is 5.69 Å². The van der Waals surface area contributed by atoms with Gasteiger partial charge in [-0.3, -0.25) is 4.79 Å². The highest BCUT2D eigenvalue weighted by molar-refractivity contribution is 9.10. The molecule has 0 spiro atoms. The average molecular weight is 311 g/mol. The summed E-state index contributed by atoms with van der Waals surface area (Å²) in [5.74, 6) is -0.168. The summed E-state index contributed by atoms with van der Waals surface area (Å²) in [6.45, 7) is 1.93. The van der Waals surface area contributed by atoms with Crippen LogP contribution < -0.4 is 5.32 Å². The molecule has 1 amide bonds. The lowest BCUT2D eigenvalue weighted by molar-refractivity contribution is 0.0929. The maximum atomic E-state index is 12.1. The molecule has 0 bridgehead atoms. The Bertz CT molecular complexity index is 565. The van der Waals surface area contributed by atoms with E-state index in [2.05, 4.69) is 26.2 Å². The number of benzene rings is 1. The minimum Gasteiger partial charge on any atom is -0.396 e. The van der Waals surface area contributed by atoms with Crippen LogP contribution in [0.15, 0.2) is 28.7 Å². The molecule has 1 heterocycles. The molecule has 0 fully saturated rings. The van der Waals surface area contributed by atoms with Crippen molar-refractivity contribution in [1.29, 1.82) is 0 Å². The summed E-state index contributed by atoms with van der Waals surface area (Å²) >= 11 is 3.44. The molecule has 0 saturated heterocycles. The van der Waals surface area contributed by atoms with Gasteiger partial charge in [-0.25, -0.2) is 0 Å². The first kappa shape index (κ1) is 13.1. The van der Waals surface area contributed by atoms with Crippen molar-refractivity contribution in [2.45, 2.75) is 19.4 Å².